The van der Waals surface area contributed by atoms with Crippen LogP contribution in [0.3, 0.4) is 0 Å². The first-order valence-electron chi connectivity index (χ1n) is 6.05. The lowest BCUT2D eigenvalue weighted by Crippen LogP contribution is -2.38. The van der Waals surface area contributed by atoms with Gasteiger partial charge in [0.2, 0.25) is 0 Å². The maximum atomic E-state index is 12.6. The Bertz CT molecular complexity index is 411. The molecule has 0 amide bonds. The molecule has 1 aromatic heterocycles. The Morgan fingerprint density at radius 1 is 1.61 bits per heavy atom. The quantitative estimate of drug-likeness (QED) is 0.621. The van der Waals surface area contributed by atoms with Crippen molar-refractivity contribution >= 4 is 5.96 Å². The Kier molecular flexibility index (Phi) is 4.11. The van der Waals surface area contributed by atoms with E-state index in [1.54, 1.807) is 0 Å². The molecule has 100 valence electrons. The minimum Gasteiger partial charge on any atom is -0.357 e. The number of imidazole rings is 1. The van der Waals surface area contributed by atoms with Crippen molar-refractivity contribution < 1.29 is 8.78 Å². The molecule has 2 N–H and O–H groups in total. The van der Waals surface area contributed by atoms with E-state index in [4.69, 9.17) is 0 Å². The summed E-state index contributed by atoms with van der Waals surface area (Å²) < 4.78 is 26.0. The zero-order chi connectivity index (χ0) is 13.0. The Morgan fingerprint density at radius 2 is 2.39 bits per heavy atom. The van der Waals surface area contributed by atoms with Crippen LogP contribution in [0.1, 0.15) is 32.1 Å². The molecule has 1 aliphatic rings. The monoisotopic (exact) mass is 257 g/mol. The highest BCUT2D eigenvalue weighted by atomic mass is 19.3. The second-order valence-corrected chi connectivity index (χ2v) is 4.14. The van der Waals surface area contributed by atoms with Gasteiger partial charge in [-0.25, -0.2) is 9.98 Å². The lowest BCUT2D eigenvalue weighted by Gasteiger charge is -2.10. The van der Waals surface area contributed by atoms with Gasteiger partial charge in [0.25, 0.3) is 0 Å². The van der Waals surface area contributed by atoms with Gasteiger partial charge in [0.15, 0.2) is 5.96 Å². The van der Waals surface area contributed by atoms with Crippen molar-refractivity contribution in [1.29, 1.82) is 0 Å². The molecule has 1 heterocycles. The number of nitrogens with one attached hydrogen (secondary N) is 2. The number of aromatic nitrogens is 2. The molecule has 1 aromatic rings. The number of rotatable bonds is 5. The molecule has 0 saturated heterocycles. The van der Waals surface area contributed by atoms with E-state index in [2.05, 4.69) is 20.6 Å². The van der Waals surface area contributed by atoms with Crippen LogP contribution >= 0.6 is 0 Å². The maximum absolute atomic E-state index is 12.6. The van der Waals surface area contributed by atoms with Gasteiger partial charge in [0.1, 0.15) is 12.4 Å². The summed E-state index contributed by atoms with van der Waals surface area (Å²) in [6, 6.07) is 0.470. The van der Waals surface area contributed by atoms with Crippen molar-refractivity contribution in [2.75, 3.05) is 6.54 Å². The summed E-state index contributed by atoms with van der Waals surface area (Å²) in [6.07, 6.45) is 4.89. The smallest absolute Gasteiger partial charge is 0.319 e. The molecule has 0 radical (unpaired) electrons. The summed E-state index contributed by atoms with van der Waals surface area (Å²) in [5.41, 5.74) is 0. The zero-order valence-electron chi connectivity index (χ0n) is 10.2. The van der Waals surface area contributed by atoms with Gasteiger partial charge in [-0.05, 0) is 19.8 Å². The third-order valence-electron chi connectivity index (χ3n) is 2.60. The molecule has 1 saturated carbocycles. The van der Waals surface area contributed by atoms with E-state index in [-0.39, 0.29) is 12.4 Å². The number of guanidine groups is 1. The molecular formula is C11H17F2N5. The molecule has 0 spiro atoms. The van der Waals surface area contributed by atoms with Crippen molar-refractivity contribution in [3.05, 3.63) is 18.2 Å². The van der Waals surface area contributed by atoms with Crippen molar-refractivity contribution in [2.24, 2.45) is 4.99 Å². The van der Waals surface area contributed by atoms with Gasteiger partial charge in [-0.3, -0.25) is 4.57 Å². The first kappa shape index (κ1) is 12.8. The molecule has 1 fully saturated rings. The Morgan fingerprint density at radius 3 is 3.00 bits per heavy atom. The largest absolute Gasteiger partial charge is 0.357 e. The minimum atomic E-state index is -2.57. The summed E-state index contributed by atoms with van der Waals surface area (Å²) >= 11 is 0. The van der Waals surface area contributed by atoms with Crippen molar-refractivity contribution in [3.63, 3.8) is 0 Å². The van der Waals surface area contributed by atoms with Gasteiger partial charge in [-0.15, -0.1) is 0 Å². The molecule has 0 unspecified atom stereocenters. The molecule has 18 heavy (non-hydrogen) atoms. The SMILES string of the molecule is CCNC(=NCc1nccn1C(F)F)NC1CC1. The number of aliphatic imine (C=N–C) groups is 1. The lowest BCUT2D eigenvalue weighted by molar-refractivity contribution is 0.0671. The first-order chi connectivity index (χ1) is 8.70. The molecule has 2 rings (SSSR count). The lowest BCUT2D eigenvalue weighted by atomic mass is 10.6. The highest BCUT2D eigenvalue weighted by Crippen LogP contribution is 2.18. The normalized spacial score (nSPS) is 16.1. The summed E-state index contributed by atoms with van der Waals surface area (Å²) in [6.45, 7) is 0.266. The van der Waals surface area contributed by atoms with Crippen molar-refractivity contribution in [2.45, 2.75) is 38.9 Å². The highest BCUT2D eigenvalue weighted by molar-refractivity contribution is 5.80. The Hall–Kier alpha value is -1.66. The summed E-state index contributed by atoms with van der Waals surface area (Å²) in [5.74, 6) is 0.918. The summed E-state index contributed by atoms with van der Waals surface area (Å²) in [7, 11) is 0. The molecule has 0 atom stereocenters. The van der Waals surface area contributed by atoms with Crippen LogP contribution in [-0.2, 0) is 6.54 Å². The van der Waals surface area contributed by atoms with Gasteiger partial charge >= 0.3 is 6.55 Å². The van der Waals surface area contributed by atoms with Crippen molar-refractivity contribution in [3.8, 4) is 0 Å². The van der Waals surface area contributed by atoms with Crippen LogP contribution in [0.25, 0.3) is 0 Å². The standard InChI is InChI=1S/C11H17F2N5/c1-2-14-11(17-8-3-4-8)16-7-9-15-5-6-18(9)10(12)13/h5-6,8,10H,2-4,7H2,1H3,(H2,14,16,17). The van der Waals surface area contributed by atoms with E-state index in [0.717, 1.165) is 24.0 Å². The van der Waals surface area contributed by atoms with Crippen LogP contribution in [0, 0.1) is 0 Å². The van der Waals surface area contributed by atoms with Crippen LogP contribution in [-0.4, -0.2) is 28.1 Å². The Labute approximate surface area is 104 Å². The fraction of sp³-hybridized carbons (Fsp3) is 0.636. The van der Waals surface area contributed by atoms with Crippen LogP contribution in [0.5, 0.6) is 0 Å². The predicted octanol–water partition coefficient (Wildman–Crippen LogP) is 1.50. The average Bonchev–Trinajstić information content (AvgIpc) is 3.01. The molecule has 0 aliphatic heterocycles. The first-order valence-corrected chi connectivity index (χ1v) is 6.05. The topological polar surface area (TPSA) is 54.2 Å². The van der Waals surface area contributed by atoms with Crippen LogP contribution in [0.15, 0.2) is 17.4 Å². The van der Waals surface area contributed by atoms with Crippen LogP contribution < -0.4 is 10.6 Å². The average molecular weight is 257 g/mol. The minimum absolute atomic E-state index is 0.138. The van der Waals surface area contributed by atoms with Gasteiger partial charge in [-0.2, -0.15) is 8.78 Å². The van der Waals surface area contributed by atoms with Crippen LogP contribution in [0.4, 0.5) is 8.78 Å². The fourth-order valence-electron chi connectivity index (χ4n) is 1.53. The number of halogens is 2. The summed E-state index contributed by atoms with van der Waals surface area (Å²) in [5, 5.41) is 6.30. The van der Waals surface area contributed by atoms with E-state index in [1.807, 2.05) is 6.92 Å². The zero-order valence-corrected chi connectivity index (χ0v) is 10.2. The van der Waals surface area contributed by atoms with Gasteiger partial charge < -0.3 is 10.6 Å². The van der Waals surface area contributed by atoms with E-state index in [0.29, 0.717) is 12.0 Å². The van der Waals surface area contributed by atoms with E-state index in [1.165, 1.54) is 12.4 Å². The third kappa shape index (κ3) is 3.41. The van der Waals surface area contributed by atoms with E-state index < -0.39 is 6.55 Å². The van der Waals surface area contributed by atoms with Gasteiger partial charge in [0.05, 0.1) is 0 Å². The molecule has 7 heteroatoms. The number of hydrogen-bond acceptors (Lipinski definition) is 2. The third-order valence-corrected chi connectivity index (χ3v) is 2.60. The second kappa shape index (κ2) is 5.79. The number of alkyl halides is 2. The van der Waals surface area contributed by atoms with E-state index in [9.17, 15) is 8.78 Å². The number of nitrogens with zero attached hydrogens (tertiary/aromatic N) is 3. The van der Waals surface area contributed by atoms with Crippen molar-refractivity contribution in [1.82, 2.24) is 20.2 Å². The molecule has 1 aliphatic carbocycles. The second-order valence-electron chi connectivity index (χ2n) is 4.14. The fourth-order valence-corrected chi connectivity index (χ4v) is 1.53. The molecule has 0 aromatic carbocycles. The maximum Gasteiger partial charge on any atom is 0.319 e. The highest BCUT2D eigenvalue weighted by Gasteiger charge is 2.22. The molecule has 5 nitrogen and oxygen atoms in total. The van der Waals surface area contributed by atoms with Gasteiger partial charge in [0, 0.05) is 25.0 Å². The summed E-state index contributed by atoms with van der Waals surface area (Å²) in [4.78, 5) is 8.14. The predicted molar refractivity (Wildman–Crippen MR) is 64.5 cm³/mol. The van der Waals surface area contributed by atoms with Crippen LogP contribution in [0.2, 0.25) is 0 Å². The number of hydrogen-bond donors (Lipinski definition) is 2. The molecular weight excluding hydrogens is 240 g/mol. The van der Waals surface area contributed by atoms with E-state index >= 15 is 0 Å². The molecule has 0 bridgehead atoms. The Balaban J connectivity index is 1.98. The van der Waals surface area contributed by atoms with Gasteiger partial charge in [-0.1, -0.05) is 0 Å².